The van der Waals surface area contributed by atoms with Crippen LogP contribution in [0, 0.1) is 12.7 Å². The minimum absolute atomic E-state index is 0.265. The predicted molar refractivity (Wildman–Crippen MR) is 71.2 cm³/mol. The van der Waals surface area contributed by atoms with Gasteiger partial charge in [0.2, 0.25) is 0 Å². The maximum atomic E-state index is 13.2. The molecular formula is C15H23FO2. The van der Waals surface area contributed by atoms with Crippen LogP contribution in [-0.2, 0) is 11.2 Å². The second kappa shape index (κ2) is 6.30. The number of hydrogen-bond donors (Lipinski definition) is 1. The van der Waals surface area contributed by atoms with Crippen LogP contribution >= 0.6 is 0 Å². The van der Waals surface area contributed by atoms with E-state index < -0.39 is 11.7 Å². The second-order valence-corrected chi connectivity index (χ2v) is 4.77. The first-order valence-corrected chi connectivity index (χ1v) is 6.47. The van der Waals surface area contributed by atoms with Crippen molar-refractivity contribution in [1.82, 2.24) is 0 Å². The molecule has 1 aromatic rings. The van der Waals surface area contributed by atoms with Gasteiger partial charge in [0.25, 0.3) is 0 Å². The summed E-state index contributed by atoms with van der Waals surface area (Å²) in [6.07, 6.45) is 1.25. The summed E-state index contributed by atoms with van der Waals surface area (Å²) in [5, 5.41) is 10.4. The molecular weight excluding hydrogens is 231 g/mol. The Morgan fingerprint density at radius 3 is 2.44 bits per heavy atom. The Morgan fingerprint density at radius 1 is 1.33 bits per heavy atom. The summed E-state index contributed by atoms with van der Waals surface area (Å²) in [6.45, 7) is 5.91. The topological polar surface area (TPSA) is 29.5 Å². The normalized spacial score (nSPS) is 13.7. The monoisotopic (exact) mass is 254 g/mol. The van der Waals surface area contributed by atoms with Gasteiger partial charge in [-0.15, -0.1) is 0 Å². The number of hydrogen-bond acceptors (Lipinski definition) is 2. The summed E-state index contributed by atoms with van der Waals surface area (Å²) in [4.78, 5) is 0. The Balaban J connectivity index is 2.92. The van der Waals surface area contributed by atoms with Crippen molar-refractivity contribution in [2.75, 3.05) is 7.11 Å². The highest BCUT2D eigenvalue weighted by Gasteiger charge is 2.34. The lowest BCUT2D eigenvalue weighted by atomic mass is 9.86. The van der Waals surface area contributed by atoms with Crippen LogP contribution in [0.15, 0.2) is 18.2 Å². The third-order valence-electron chi connectivity index (χ3n) is 3.94. The van der Waals surface area contributed by atoms with Crippen molar-refractivity contribution >= 4 is 0 Å². The number of aliphatic hydroxyl groups excluding tert-OH is 1. The highest BCUT2D eigenvalue weighted by atomic mass is 19.1. The molecule has 0 heterocycles. The van der Waals surface area contributed by atoms with E-state index in [1.807, 2.05) is 20.8 Å². The van der Waals surface area contributed by atoms with Gasteiger partial charge in [0.15, 0.2) is 0 Å². The number of ether oxygens (including phenoxy) is 1. The van der Waals surface area contributed by atoms with Gasteiger partial charge in [-0.2, -0.15) is 0 Å². The molecule has 1 rings (SSSR count). The number of methoxy groups -OCH3 is 1. The smallest absolute Gasteiger partial charge is 0.123 e. The molecule has 0 aromatic heterocycles. The minimum atomic E-state index is -0.627. The fraction of sp³-hybridized carbons (Fsp3) is 0.600. The molecule has 0 radical (unpaired) electrons. The van der Waals surface area contributed by atoms with Crippen LogP contribution in [0.5, 0.6) is 0 Å². The van der Waals surface area contributed by atoms with Crippen molar-refractivity contribution < 1.29 is 14.2 Å². The Morgan fingerprint density at radius 2 is 1.94 bits per heavy atom. The van der Waals surface area contributed by atoms with Gasteiger partial charge in [-0.1, -0.05) is 19.9 Å². The number of aryl methyl sites for hydroxylation is 1. The van der Waals surface area contributed by atoms with Crippen molar-refractivity contribution in [3.05, 3.63) is 35.1 Å². The Labute approximate surface area is 109 Å². The maximum absolute atomic E-state index is 13.2. The van der Waals surface area contributed by atoms with Crippen LogP contribution in [0.2, 0.25) is 0 Å². The molecule has 1 N–H and O–H groups in total. The average Bonchev–Trinajstić information content (AvgIpc) is 2.37. The van der Waals surface area contributed by atoms with Gasteiger partial charge in [0.05, 0.1) is 11.7 Å². The molecule has 0 aliphatic rings. The van der Waals surface area contributed by atoms with Gasteiger partial charge in [-0.25, -0.2) is 4.39 Å². The summed E-state index contributed by atoms with van der Waals surface area (Å²) >= 11 is 0. The Kier molecular flexibility index (Phi) is 5.29. The first-order valence-electron chi connectivity index (χ1n) is 6.47. The van der Waals surface area contributed by atoms with Crippen molar-refractivity contribution in [2.24, 2.45) is 0 Å². The van der Waals surface area contributed by atoms with E-state index in [0.29, 0.717) is 6.42 Å². The molecule has 0 saturated heterocycles. The SMILES string of the molecule is CCC(CC)(OC)C(O)Cc1cc(F)ccc1C. The van der Waals surface area contributed by atoms with Crippen LogP contribution in [-0.4, -0.2) is 23.9 Å². The van der Waals surface area contributed by atoms with Crippen LogP contribution in [0.4, 0.5) is 4.39 Å². The summed E-state index contributed by atoms with van der Waals surface area (Å²) < 4.78 is 18.7. The molecule has 18 heavy (non-hydrogen) atoms. The first kappa shape index (κ1) is 15.1. The van der Waals surface area contributed by atoms with Crippen LogP contribution in [0.1, 0.15) is 37.8 Å². The molecule has 1 unspecified atom stereocenters. The molecule has 1 aromatic carbocycles. The van der Waals surface area contributed by atoms with E-state index in [1.165, 1.54) is 12.1 Å². The first-order chi connectivity index (χ1) is 8.49. The van der Waals surface area contributed by atoms with Gasteiger partial charge in [-0.3, -0.25) is 0 Å². The van der Waals surface area contributed by atoms with E-state index in [2.05, 4.69) is 0 Å². The Hall–Kier alpha value is -0.930. The number of benzene rings is 1. The zero-order chi connectivity index (χ0) is 13.8. The number of aliphatic hydroxyl groups is 1. The minimum Gasteiger partial charge on any atom is -0.390 e. The Bertz CT molecular complexity index is 378. The fourth-order valence-electron chi connectivity index (χ4n) is 2.40. The molecule has 0 saturated carbocycles. The maximum Gasteiger partial charge on any atom is 0.123 e. The molecule has 1 atom stereocenters. The van der Waals surface area contributed by atoms with E-state index in [1.54, 1.807) is 13.2 Å². The molecule has 0 aliphatic heterocycles. The standard InChI is InChI=1S/C15H23FO2/c1-5-15(6-2,18-4)14(17)10-12-9-13(16)8-7-11(12)3/h7-9,14,17H,5-6,10H2,1-4H3. The van der Waals surface area contributed by atoms with Crippen molar-refractivity contribution in [3.8, 4) is 0 Å². The van der Waals surface area contributed by atoms with Gasteiger partial charge in [0, 0.05) is 13.5 Å². The summed E-state index contributed by atoms with van der Waals surface area (Å²) in [5.41, 5.74) is 1.29. The fourth-order valence-corrected chi connectivity index (χ4v) is 2.40. The van der Waals surface area contributed by atoms with Crippen LogP contribution < -0.4 is 0 Å². The van der Waals surface area contributed by atoms with Crippen LogP contribution in [0.3, 0.4) is 0 Å². The van der Waals surface area contributed by atoms with Gasteiger partial charge in [-0.05, 0) is 43.0 Å². The number of halogens is 1. The third kappa shape index (κ3) is 3.09. The van der Waals surface area contributed by atoms with Crippen molar-refractivity contribution in [3.63, 3.8) is 0 Å². The van der Waals surface area contributed by atoms with E-state index in [-0.39, 0.29) is 5.82 Å². The summed E-state index contributed by atoms with van der Waals surface area (Å²) in [7, 11) is 1.62. The van der Waals surface area contributed by atoms with Gasteiger partial charge < -0.3 is 9.84 Å². The lowest BCUT2D eigenvalue weighted by molar-refractivity contribution is -0.106. The van der Waals surface area contributed by atoms with Gasteiger partial charge in [0.1, 0.15) is 5.82 Å². The highest BCUT2D eigenvalue weighted by molar-refractivity contribution is 5.27. The summed E-state index contributed by atoms with van der Waals surface area (Å²) in [5.74, 6) is -0.265. The average molecular weight is 254 g/mol. The lowest BCUT2D eigenvalue weighted by Crippen LogP contribution is -2.44. The molecule has 0 aliphatic carbocycles. The summed E-state index contributed by atoms with van der Waals surface area (Å²) in [6, 6.07) is 4.67. The highest BCUT2D eigenvalue weighted by Crippen LogP contribution is 2.27. The quantitative estimate of drug-likeness (QED) is 0.844. The third-order valence-corrected chi connectivity index (χ3v) is 3.94. The lowest BCUT2D eigenvalue weighted by Gasteiger charge is -2.35. The van der Waals surface area contributed by atoms with Gasteiger partial charge >= 0.3 is 0 Å². The largest absolute Gasteiger partial charge is 0.390 e. The van der Waals surface area contributed by atoms with E-state index >= 15 is 0 Å². The zero-order valence-electron chi connectivity index (χ0n) is 11.7. The molecule has 0 spiro atoms. The molecule has 0 amide bonds. The zero-order valence-corrected chi connectivity index (χ0v) is 11.7. The molecule has 0 bridgehead atoms. The van der Waals surface area contributed by atoms with Crippen molar-refractivity contribution in [1.29, 1.82) is 0 Å². The van der Waals surface area contributed by atoms with E-state index in [0.717, 1.165) is 24.0 Å². The van der Waals surface area contributed by atoms with E-state index in [9.17, 15) is 9.50 Å². The molecule has 3 heteroatoms. The van der Waals surface area contributed by atoms with Crippen LogP contribution in [0.25, 0.3) is 0 Å². The number of rotatable bonds is 6. The second-order valence-electron chi connectivity index (χ2n) is 4.77. The molecule has 2 nitrogen and oxygen atoms in total. The predicted octanol–water partition coefficient (Wildman–Crippen LogP) is 3.24. The molecule has 102 valence electrons. The van der Waals surface area contributed by atoms with E-state index in [4.69, 9.17) is 4.74 Å². The molecule has 0 fully saturated rings. The van der Waals surface area contributed by atoms with Crippen molar-refractivity contribution in [2.45, 2.75) is 51.7 Å².